The Kier molecular flexibility index (Phi) is 5.39. The van der Waals surface area contributed by atoms with E-state index in [0.717, 1.165) is 28.0 Å². The molecule has 2 aromatic heterocycles. The van der Waals surface area contributed by atoms with Crippen LogP contribution in [0, 0.1) is 6.92 Å². The van der Waals surface area contributed by atoms with E-state index in [0.29, 0.717) is 5.65 Å². The Labute approximate surface area is 178 Å². The van der Waals surface area contributed by atoms with E-state index < -0.39 is 23.6 Å². The number of aromatic nitrogens is 4. The summed E-state index contributed by atoms with van der Waals surface area (Å²) < 4.78 is 43.1. The van der Waals surface area contributed by atoms with Crippen molar-refractivity contribution in [3.8, 4) is 11.4 Å². The number of hydrogen-bond acceptors (Lipinski definition) is 5. The van der Waals surface area contributed by atoms with Crippen molar-refractivity contribution >= 4 is 22.6 Å². The fourth-order valence-corrected chi connectivity index (χ4v) is 3.03. The van der Waals surface area contributed by atoms with Crippen molar-refractivity contribution in [1.29, 1.82) is 0 Å². The van der Waals surface area contributed by atoms with E-state index >= 15 is 0 Å². The first-order valence-corrected chi connectivity index (χ1v) is 9.35. The number of rotatable bonds is 5. The number of fused-ring (bicyclic) bond motifs is 1. The molecule has 1 amide bonds. The molecule has 0 radical (unpaired) electrons. The van der Waals surface area contributed by atoms with E-state index in [1.165, 1.54) is 29.3 Å². The fourth-order valence-electron chi connectivity index (χ4n) is 3.03. The van der Waals surface area contributed by atoms with Gasteiger partial charge in [0.2, 0.25) is 5.91 Å². The van der Waals surface area contributed by atoms with Crippen LogP contribution in [0.5, 0.6) is 5.75 Å². The van der Waals surface area contributed by atoms with Crippen LogP contribution in [0.3, 0.4) is 0 Å². The van der Waals surface area contributed by atoms with Gasteiger partial charge in [-0.05, 0) is 43.3 Å². The predicted octanol–water partition coefficient (Wildman–Crippen LogP) is 3.43. The zero-order valence-corrected chi connectivity index (χ0v) is 16.6. The molecule has 4 aromatic rings. The van der Waals surface area contributed by atoms with Gasteiger partial charge in [0.25, 0.3) is 5.56 Å². The molecular weight excluding hydrogens is 427 g/mol. The Hall–Kier alpha value is -4.15. The van der Waals surface area contributed by atoms with E-state index in [1.807, 2.05) is 31.2 Å². The molecule has 4 rings (SSSR count). The van der Waals surface area contributed by atoms with Crippen LogP contribution in [-0.2, 0) is 11.3 Å². The lowest BCUT2D eigenvalue weighted by atomic mass is 10.2. The van der Waals surface area contributed by atoms with Crippen LogP contribution in [0.4, 0.5) is 18.9 Å². The van der Waals surface area contributed by atoms with Gasteiger partial charge in [0.15, 0.2) is 5.65 Å². The van der Waals surface area contributed by atoms with Crippen molar-refractivity contribution in [3.63, 3.8) is 0 Å². The molecule has 32 heavy (non-hydrogen) atoms. The molecule has 1 N–H and O–H groups in total. The van der Waals surface area contributed by atoms with Crippen LogP contribution < -0.4 is 15.6 Å². The van der Waals surface area contributed by atoms with Crippen molar-refractivity contribution in [2.24, 2.45) is 0 Å². The zero-order chi connectivity index (χ0) is 22.9. The van der Waals surface area contributed by atoms with Gasteiger partial charge in [-0.2, -0.15) is 5.10 Å². The summed E-state index contributed by atoms with van der Waals surface area (Å²) in [5.41, 5.74) is 1.98. The third-order valence-corrected chi connectivity index (χ3v) is 4.52. The summed E-state index contributed by atoms with van der Waals surface area (Å²) in [6.45, 7) is 1.62. The number of carbonyl (C=O) groups is 1. The largest absolute Gasteiger partial charge is 0.573 e. The first-order chi connectivity index (χ1) is 15.2. The van der Waals surface area contributed by atoms with Crippen molar-refractivity contribution in [1.82, 2.24) is 19.3 Å². The lowest BCUT2D eigenvalue weighted by molar-refractivity contribution is -0.274. The smallest absolute Gasteiger partial charge is 0.406 e. The van der Waals surface area contributed by atoms with E-state index in [-0.39, 0.29) is 17.6 Å². The van der Waals surface area contributed by atoms with Crippen LogP contribution in [0.2, 0.25) is 0 Å². The SMILES string of the molecule is Cc1ccc(-n2ncc3c(=O)n(CC(=O)Nc4ccc(OC(F)(F)F)cc4)cnc32)cc1. The minimum absolute atomic E-state index is 0.245. The number of ether oxygens (including phenoxy) is 1. The Morgan fingerprint density at radius 1 is 1.09 bits per heavy atom. The molecule has 0 spiro atoms. The number of aryl methyl sites for hydroxylation is 1. The molecule has 0 saturated carbocycles. The lowest BCUT2D eigenvalue weighted by Crippen LogP contribution is -2.27. The summed E-state index contributed by atoms with van der Waals surface area (Å²) in [5, 5.41) is 6.98. The van der Waals surface area contributed by atoms with Crippen LogP contribution in [0.25, 0.3) is 16.7 Å². The molecule has 0 aliphatic carbocycles. The molecular formula is C21H16F3N5O3. The number of nitrogens with one attached hydrogen (secondary N) is 1. The standard InChI is InChI=1S/C21H16F3N5O3/c1-13-2-6-15(7-3-13)29-19-17(10-26-29)20(31)28(12-25-19)11-18(30)27-14-4-8-16(9-5-14)32-21(22,23)24/h2-10,12H,11H2,1H3,(H,27,30). The molecule has 2 heterocycles. The molecule has 0 aliphatic heterocycles. The predicted molar refractivity (Wildman–Crippen MR) is 110 cm³/mol. The van der Waals surface area contributed by atoms with Gasteiger partial charge in [-0.1, -0.05) is 17.7 Å². The second-order valence-electron chi connectivity index (χ2n) is 6.93. The van der Waals surface area contributed by atoms with Gasteiger partial charge in [0.1, 0.15) is 24.0 Å². The van der Waals surface area contributed by atoms with Gasteiger partial charge in [0.05, 0.1) is 11.9 Å². The van der Waals surface area contributed by atoms with Crippen LogP contribution >= 0.6 is 0 Å². The average Bonchev–Trinajstić information content (AvgIpc) is 3.16. The number of anilines is 1. The summed E-state index contributed by atoms with van der Waals surface area (Å²) in [4.78, 5) is 29.3. The molecule has 164 valence electrons. The Morgan fingerprint density at radius 2 is 1.78 bits per heavy atom. The average molecular weight is 443 g/mol. The van der Waals surface area contributed by atoms with Crippen molar-refractivity contribution < 1.29 is 22.7 Å². The van der Waals surface area contributed by atoms with Crippen LogP contribution in [0.15, 0.2) is 65.8 Å². The van der Waals surface area contributed by atoms with Gasteiger partial charge < -0.3 is 10.1 Å². The number of hydrogen-bond donors (Lipinski definition) is 1. The number of carbonyl (C=O) groups excluding carboxylic acids is 1. The monoisotopic (exact) mass is 443 g/mol. The normalized spacial score (nSPS) is 11.5. The molecule has 0 bridgehead atoms. The molecule has 0 unspecified atom stereocenters. The third kappa shape index (κ3) is 4.61. The number of halogens is 3. The number of amides is 1. The summed E-state index contributed by atoms with van der Waals surface area (Å²) in [7, 11) is 0. The second kappa shape index (κ2) is 8.17. The topological polar surface area (TPSA) is 91.0 Å². The Morgan fingerprint density at radius 3 is 2.44 bits per heavy atom. The Bertz CT molecular complexity index is 1330. The molecule has 0 atom stereocenters. The van der Waals surface area contributed by atoms with Crippen LogP contribution in [-0.4, -0.2) is 31.6 Å². The number of nitrogens with zero attached hydrogens (tertiary/aromatic N) is 4. The second-order valence-corrected chi connectivity index (χ2v) is 6.93. The highest BCUT2D eigenvalue weighted by molar-refractivity contribution is 5.90. The number of benzene rings is 2. The zero-order valence-electron chi connectivity index (χ0n) is 16.6. The highest BCUT2D eigenvalue weighted by atomic mass is 19.4. The maximum absolute atomic E-state index is 12.8. The maximum Gasteiger partial charge on any atom is 0.573 e. The maximum atomic E-state index is 12.8. The number of alkyl halides is 3. The summed E-state index contributed by atoms with van der Waals surface area (Å²) in [6, 6.07) is 12.2. The molecule has 0 aliphatic rings. The minimum Gasteiger partial charge on any atom is -0.406 e. The molecule has 0 fully saturated rings. The molecule has 8 nitrogen and oxygen atoms in total. The first kappa shape index (κ1) is 21.1. The summed E-state index contributed by atoms with van der Waals surface area (Å²) in [6.07, 6.45) is -2.17. The van der Waals surface area contributed by atoms with Gasteiger partial charge in [-0.25, -0.2) is 9.67 Å². The van der Waals surface area contributed by atoms with Gasteiger partial charge in [-0.3, -0.25) is 14.2 Å². The fraction of sp³-hybridized carbons (Fsp3) is 0.143. The molecule has 11 heteroatoms. The van der Waals surface area contributed by atoms with E-state index in [2.05, 4.69) is 20.1 Å². The van der Waals surface area contributed by atoms with E-state index in [9.17, 15) is 22.8 Å². The van der Waals surface area contributed by atoms with Crippen molar-refractivity contribution in [2.75, 3.05) is 5.32 Å². The summed E-state index contributed by atoms with van der Waals surface area (Å²) >= 11 is 0. The van der Waals surface area contributed by atoms with Gasteiger partial charge >= 0.3 is 6.36 Å². The van der Waals surface area contributed by atoms with Gasteiger partial charge in [0, 0.05) is 5.69 Å². The van der Waals surface area contributed by atoms with Gasteiger partial charge in [-0.15, -0.1) is 13.2 Å². The van der Waals surface area contributed by atoms with Crippen LogP contribution in [0.1, 0.15) is 5.56 Å². The molecule has 0 saturated heterocycles. The lowest BCUT2D eigenvalue weighted by Gasteiger charge is -2.10. The highest BCUT2D eigenvalue weighted by Crippen LogP contribution is 2.24. The van der Waals surface area contributed by atoms with Crippen molar-refractivity contribution in [2.45, 2.75) is 19.8 Å². The summed E-state index contributed by atoms with van der Waals surface area (Å²) in [5.74, 6) is -0.962. The first-order valence-electron chi connectivity index (χ1n) is 9.35. The molecule has 2 aromatic carbocycles. The highest BCUT2D eigenvalue weighted by Gasteiger charge is 2.31. The van der Waals surface area contributed by atoms with E-state index in [4.69, 9.17) is 0 Å². The van der Waals surface area contributed by atoms with Crippen molar-refractivity contribution in [3.05, 3.63) is 77.0 Å². The quantitative estimate of drug-likeness (QED) is 0.510. The Balaban J connectivity index is 1.49. The third-order valence-electron chi connectivity index (χ3n) is 4.52. The minimum atomic E-state index is -4.80. The van der Waals surface area contributed by atoms with E-state index in [1.54, 1.807) is 0 Å².